The normalized spacial score (nSPS) is 10.2. The first-order chi connectivity index (χ1) is 19.1. The van der Waals surface area contributed by atoms with Crippen molar-refractivity contribution in [2.75, 3.05) is 19.8 Å². The molecule has 0 saturated carbocycles. The van der Waals surface area contributed by atoms with Gasteiger partial charge in [0.25, 0.3) is 11.8 Å². The molecule has 0 aliphatic heterocycles. The van der Waals surface area contributed by atoms with E-state index in [0.29, 0.717) is 30.3 Å². The van der Waals surface area contributed by atoms with Gasteiger partial charge in [0.15, 0.2) is 11.7 Å². The van der Waals surface area contributed by atoms with Crippen LogP contribution in [0.25, 0.3) is 11.1 Å². The molecule has 0 aliphatic rings. The van der Waals surface area contributed by atoms with Crippen LogP contribution in [0.1, 0.15) is 10.4 Å². The van der Waals surface area contributed by atoms with Crippen molar-refractivity contribution in [3.63, 3.8) is 0 Å². The second-order valence-electron chi connectivity index (χ2n) is 8.15. The van der Waals surface area contributed by atoms with Gasteiger partial charge < -0.3 is 14.2 Å². The molecule has 3 N–H and O–H groups in total. The SMILES string of the molecule is O=C(COc1ccccc1-c1ccccc1)NNC(=S)NC(=O)c1cccc(OCCOc2ccccc2)c1. The van der Waals surface area contributed by atoms with E-state index >= 15 is 0 Å². The number of amides is 2. The van der Waals surface area contributed by atoms with E-state index in [1.54, 1.807) is 30.3 Å². The molecule has 4 aromatic carbocycles. The number of para-hydroxylation sites is 2. The molecule has 198 valence electrons. The zero-order valence-electron chi connectivity index (χ0n) is 21.0. The molecule has 0 spiro atoms. The monoisotopic (exact) mass is 541 g/mol. The minimum atomic E-state index is -0.470. The summed E-state index contributed by atoms with van der Waals surface area (Å²) >= 11 is 5.13. The number of rotatable bonds is 10. The van der Waals surface area contributed by atoms with Crippen molar-refractivity contribution in [3.05, 3.63) is 115 Å². The van der Waals surface area contributed by atoms with Crippen molar-refractivity contribution in [3.8, 4) is 28.4 Å². The Bertz CT molecular complexity index is 1400. The Kier molecular flexibility index (Phi) is 9.85. The lowest BCUT2D eigenvalue weighted by molar-refractivity contribution is -0.123. The van der Waals surface area contributed by atoms with E-state index in [-0.39, 0.29) is 11.7 Å². The Hall–Kier alpha value is -4.89. The van der Waals surface area contributed by atoms with E-state index < -0.39 is 11.8 Å². The summed E-state index contributed by atoms with van der Waals surface area (Å²) in [6.45, 7) is 0.417. The number of hydrogen-bond acceptors (Lipinski definition) is 6. The first-order valence-electron chi connectivity index (χ1n) is 12.2. The van der Waals surface area contributed by atoms with E-state index in [1.807, 2.05) is 78.9 Å². The molecule has 0 saturated heterocycles. The lowest BCUT2D eigenvalue weighted by Gasteiger charge is -2.13. The van der Waals surface area contributed by atoms with Crippen molar-refractivity contribution in [1.82, 2.24) is 16.2 Å². The number of carbonyl (C=O) groups is 2. The molecule has 9 heteroatoms. The quantitative estimate of drug-likeness (QED) is 0.154. The third-order valence-corrected chi connectivity index (χ3v) is 5.54. The second kappa shape index (κ2) is 14.2. The van der Waals surface area contributed by atoms with Gasteiger partial charge in [0.1, 0.15) is 30.5 Å². The van der Waals surface area contributed by atoms with Crippen molar-refractivity contribution in [2.24, 2.45) is 0 Å². The number of hydrazine groups is 1. The maximum atomic E-state index is 12.6. The van der Waals surface area contributed by atoms with Gasteiger partial charge >= 0.3 is 0 Å². The van der Waals surface area contributed by atoms with Crippen LogP contribution in [0.5, 0.6) is 17.2 Å². The number of carbonyl (C=O) groups excluding carboxylic acids is 2. The third-order valence-electron chi connectivity index (χ3n) is 5.33. The Morgan fingerprint density at radius 3 is 2.08 bits per heavy atom. The summed E-state index contributed by atoms with van der Waals surface area (Å²) in [7, 11) is 0. The van der Waals surface area contributed by atoms with Crippen LogP contribution >= 0.6 is 12.2 Å². The summed E-state index contributed by atoms with van der Waals surface area (Å²) in [4.78, 5) is 24.9. The highest BCUT2D eigenvalue weighted by Crippen LogP contribution is 2.29. The fraction of sp³-hybridized carbons (Fsp3) is 0.100. The average molecular weight is 542 g/mol. The molecule has 4 rings (SSSR count). The van der Waals surface area contributed by atoms with Gasteiger partial charge in [0.2, 0.25) is 0 Å². The largest absolute Gasteiger partial charge is 0.490 e. The van der Waals surface area contributed by atoms with Gasteiger partial charge in [-0.3, -0.25) is 25.8 Å². The molecular formula is C30H27N3O5S. The number of thiocarbonyl (C=S) groups is 1. The van der Waals surface area contributed by atoms with E-state index in [0.717, 1.165) is 16.9 Å². The topological polar surface area (TPSA) is 97.9 Å². The highest BCUT2D eigenvalue weighted by Gasteiger charge is 2.11. The molecule has 0 atom stereocenters. The molecule has 0 unspecified atom stereocenters. The van der Waals surface area contributed by atoms with Crippen molar-refractivity contribution in [2.45, 2.75) is 0 Å². The molecule has 39 heavy (non-hydrogen) atoms. The van der Waals surface area contributed by atoms with Gasteiger partial charge in [-0.1, -0.05) is 72.8 Å². The van der Waals surface area contributed by atoms with Crippen LogP contribution < -0.4 is 30.4 Å². The molecule has 0 bridgehead atoms. The maximum absolute atomic E-state index is 12.6. The van der Waals surface area contributed by atoms with Crippen LogP contribution in [0.4, 0.5) is 0 Å². The fourth-order valence-electron chi connectivity index (χ4n) is 3.52. The van der Waals surface area contributed by atoms with Gasteiger partial charge in [-0.2, -0.15) is 0 Å². The zero-order chi connectivity index (χ0) is 27.3. The fourth-order valence-corrected chi connectivity index (χ4v) is 3.67. The van der Waals surface area contributed by atoms with Gasteiger partial charge in [-0.25, -0.2) is 0 Å². The Balaban J connectivity index is 1.19. The molecular weight excluding hydrogens is 514 g/mol. The minimum Gasteiger partial charge on any atom is -0.490 e. The lowest BCUT2D eigenvalue weighted by atomic mass is 10.1. The number of nitrogens with one attached hydrogen (secondary N) is 3. The van der Waals surface area contributed by atoms with Crippen LogP contribution in [0.15, 0.2) is 109 Å². The smallest absolute Gasteiger partial charge is 0.276 e. The summed E-state index contributed by atoms with van der Waals surface area (Å²) in [6, 6.07) is 33.3. The molecule has 0 aliphatic carbocycles. The van der Waals surface area contributed by atoms with E-state index in [4.69, 9.17) is 26.4 Å². The van der Waals surface area contributed by atoms with Crippen molar-refractivity contribution < 1.29 is 23.8 Å². The van der Waals surface area contributed by atoms with Crippen LogP contribution in [0, 0.1) is 0 Å². The highest BCUT2D eigenvalue weighted by atomic mass is 32.1. The molecule has 4 aromatic rings. The summed E-state index contributed by atoms with van der Waals surface area (Å²) in [6.07, 6.45) is 0. The predicted molar refractivity (Wildman–Crippen MR) is 153 cm³/mol. The number of benzene rings is 4. The number of ether oxygens (including phenoxy) is 3. The first kappa shape index (κ1) is 27.2. The molecule has 0 aromatic heterocycles. The lowest BCUT2D eigenvalue weighted by Crippen LogP contribution is -2.49. The second-order valence-corrected chi connectivity index (χ2v) is 8.55. The maximum Gasteiger partial charge on any atom is 0.276 e. The Morgan fingerprint density at radius 1 is 0.667 bits per heavy atom. The highest BCUT2D eigenvalue weighted by molar-refractivity contribution is 7.80. The molecule has 0 radical (unpaired) electrons. The summed E-state index contributed by atoms with van der Waals surface area (Å²) in [5.74, 6) is 0.914. The van der Waals surface area contributed by atoms with Crippen LogP contribution in [-0.2, 0) is 4.79 Å². The van der Waals surface area contributed by atoms with E-state index in [9.17, 15) is 9.59 Å². The third kappa shape index (κ3) is 8.58. The van der Waals surface area contributed by atoms with Gasteiger partial charge in [-0.05, 0) is 54.2 Å². The minimum absolute atomic E-state index is 0.0689. The standard InChI is InChI=1S/C30H27N3O5S/c34-28(21-38-27-17-8-7-16-26(27)22-10-3-1-4-11-22)32-33-30(39)31-29(35)23-12-9-15-25(20-23)37-19-18-36-24-13-5-2-6-14-24/h1-17,20H,18-19,21H2,(H,32,34)(H2,31,33,35,39). The Labute approximate surface area is 231 Å². The molecule has 0 heterocycles. The van der Waals surface area contributed by atoms with Crippen LogP contribution in [0.2, 0.25) is 0 Å². The number of hydrogen-bond donors (Lipinski definition) is 3. The summed E-state index contributed by atoms with van der Waals surface area (Å²) < 4.78 is 17.0. The molecule has 0 fully saturated rings. The predicted octanol–water partition coefficient (Wildman–Crippen LogP) is 4.53. The van der Waals surface area contributed by atoms with Crippen molar-refractivity contribution in [1.29, 1.82) is 0 Å². The van der Waals surface area contributed by atoms with Crippen molar-refractivity contribution >= 4 is 29.1 Å². The van der Waals surface area contributed by atoms with Crippen LogP contribution in [-0.4, -0.2) is 36.7 Å². The average Bonchev–Trinajstić information content (AvgIpc) is 2.98. The Morgan fingerprint density at radius 2 is 1.31 bits per heavy atom. The van der Waals surface area contributed by atoms with Gasteiger partial charge in [0, 0.05) is 11.1 Å². The first-order valence-corrected chi connectivity index (χ1v) is 12.6. The summed E-state index contributed by atoms with van der Waals surface area (Å²) in [5, 5.41) is 2.45. The molecule has 8 nitrogen and oxygen atoms in total. The van der Waals surface area contributed by atoms with Gasteiger partial charge in [-0.15, -0.1) is 0 Å². The van der Waals surface area contributed by atoms with Gasteiger partial charge in [0.05, 0.1) is 0 Å². The van der Waals surface area contributed by atoms with E-state index in [1.165, 1.54) is 0 Å². The summed E-state index contributed by atoms with van der Waals surface area (Å²) in [5.41, 5.74) is 7.12. The zero-order valence-corrected chi connectivity index (χ0v) is 21.8. The molecule has 2 amide bonds. The van der Waals surface area contributed by atoms with Crippen LogP contribution in [0.3, 0.4) is 0 Å². The van der Waals surface area contributed by atoms with E-state index in [2.05, 4.69) is 16.2 Å².